The van der Waals surface area contributed by atoms with Gasteiger partial charge in [-0.3, -0.25) is 4.79 Å². The monoisotopic (exact) mass is 266 g/mol. The predicted octanol–water partition coefficient (Wildman–Crippen LogP) is 1.96. The van der Waals surface area contributed by atoms with Crippen molar-refractivity contribution in [3.05, 3.63) is 28.0 Å². The minimum atomic E-state index is -1.15. The fourth-order valence-electron chi connectivity index (χ4n) is 1.01. The third kappa shape index (κ3) is 3.23. The molecule has 0 aliphatic rings. The molecule has 0 amide bonds. The number of halogens is 3. The van der Waals surface area contributed by atoms with Crippen molar-refractivity contribution in [2.24, 2.45) is 5.73 Å². The minimum Gasteiger partial charge on any atom is -0.480 e. The van der Waals surface area contributed by atoms with E-state index < -0.39 is 17.8 Å². The summed E-state index contributed by atoms with van der Waals surface area (Å²) in [6.45, 7) is -0.0552. The fraction of sp³-hybridized carbons (Fsp3) is 0.222. The van der Waals surface area contributed by atoms with Crippen LogP contribution in [-0.4, -0.2) is 23.7 Å². The van der Waals surface area contributed by atoms with E-state index in [1.165, 1.54) is 0 Å². The van der Waals surface area contributed by atoms with Crippen molar-refractivity contribution >= 4 is 34.9 Å². The zero-order valence-electron chi connectivity index (χ0n) is 8.01. The highest BCUT2D eigenvalue weighted by atomic mass is 35.5. The van der Waals surface area contributed by atoms with Gasteiger partial charge < -0.3 is 16.2 Å². The van der Waals surface area contributed by atoms with Crippen molar-refractivity contribution in [2.75, 3.05) is 11.9 Å². The number of anilines is 1. The molecule has 1 aromatic carbocycles. The van der Waals surface area contributed by atoms with Crippen molar-refractivity contribution in [1.29, 1.82) is 0 Å². The highest BCUT2D eigenvalue weighted by molar-refractivity contribution is 6.39. The molecule has 0 saturated heterocycles. The number of nitrogens with two attached hydrogens (primary N) is 1. The molecule has 0 aliphatic carbocycles. The lowest BCUT2D eigenvalue weighted by atomic mass is 10.2. The number of carbonyl (C=O) groups is 1. The maximum atomic E-state index is 12.8. The molecule has 1 aromatic rings. The molecule has 0 aromatic heterocycles. The van der Waals surface area contributed by atoms with Crippen LogP contribution < -0.4 is 11.1 Å². The zero-order chi connectivity index (χ0) is 12.3. The molecule has 0 fully saturated rings. The van der Waals surface area contributed by atoms with Crippen LogP contribution in [0.5, 0.6) is 0 Å². The number of carboxylic acids is 1. The Balaban J connectivity index is 2.78. The van der Waals surface area contributed by atoms with Gasteiger partial charge in [-0.2, -0.15) is 0 Å². The lowest BCUT2D eigenvalue weighted by Crippen LogP contribution is -2.37. The average Bonchev–Trinajstić information content (AvgIpc) is 2.15. The molecule has 16 heavy (non-hydrogen) atoms. The summed E-state index contributed by atoms with van der Waals surface area (Å²) in [5.74, 6) is -1.72. The van der Waals surface area contributed by atoms with E-state index in [4.69, 9.17) is 34.0 Å². The van der Waals surface area contributed by atoms with Gasteiger partial charge in [0.2, 0.25) is 0 Å². The van der Waals surface area contributed by atoms with Crippen LogP contribution in [0.4, 0.5) is 10.1 Å². The number of carboxylic acid groups (broad SMARTS) is 1. The normalized spacial score (nSPS) is 12.2. The first-order chi connectivity index (χ1) is 7.41. The van der Waals surface area contributed by atoms with E-state index in [9.17, 15) is 9.18 Å². The Kier molecular flexibility index (Phi) is 4.35. The molecular formula is C9H9Cl2FN2O2. The lowest BCUT2D eigenvalue weighted by Gasteiger charge is -2.12. The summed E-state index contributed by atoms with van der Waals surface area (Å²) in [4.78, 5) is 10.5. The van der Waals surface area contributed by atoms with Gasteiger partial charge in [-0.05, 0) is 12.1 Å². The van der Waals surface area contributed by atoms with Gasteiger partial charge in [0, 0.05) is 6.54 Å². The van der Waals surface area contributed by atoms with Gasteiger partial charge in [0.15, 0.2) is 0 Å². The molecule has 0 spiro atoms. The standard InChI is InChI=1S/C9H9Cl2FN2O2/c10-5-1-4(12)2-6(11)8(5)14-3-7(13)9(15)16/h1-2,7,14H,3,13H2,(H,15,16). The van der Waals surface area contributed by atoms with Gasteiger partial charge in [0.25, 0.3) is 0 Å². The zero-order valence-corrected chi connectivity index (χ0v) is 9.52. The van der Waals surface area contributed by atoms with E-state index in [0.29, 0.717) is 0 Å². The van der Waals surface area contributed by atoms with Crippen LogP contribution in [0.3, 0.4) is 0 Å². The Bertz CT molecular complexity index is 391. The highest BCUT2D eigenvalue weighted by Gasteiger charge is 2.13. The molecule has 1 atom stereocenters. The van der Waals surface area contributed by atoms with Crippen LogP contribution in [0.25, 0.3) is 0 Å². The molecule has 0 saturated carbocycles. The van der Waals surface area contributed by atoms with E-state index >= 15 is 0 Å². The topological polar surface area (TPSA) is 75.3 Å². The van der Waals surface area contributed by atoms with Crippen LogP contribution in [0.15, 0.2) is 12.1 Å². The highest BCUT2D eigenvalue weighted by Crippen LogP contribution is 2.31. The summed E-state index contributed by atoms with van der Waals surface area (Å²) < 4.78 is 12.8. The maximum absolute atomic E-state index is 12.8. The third-order valence-electron chi connectivity index (χ3n) is 1.82. The van der Waals surface area contributed by atoms with Gasteiger partial charge >= 0.3 is 5.97 Å². The molecule has 0 heterocycles. The second-order valence-electron chi connectivity index (χ2n) is 3.07. The molecular weight excluding hydrogens is 258 g/mol. The van der Waals surface area contributed by atoms with Gasteiger partial charge in [0.1, 0.15) is 11.9 Å². The molecule has 0 radical (unpaired) electrons. The molecule has 4 nitrogen and oxygen atoms in total. The number of hydrogen-bond acceptors (Lipinski definition) is 3. The summed E-state index contributed by atoms with van der Waals surface area (Å²) in [5.41, 5.74) is 5.54. The molecule has 0 aliphatic heterocycles. The first kappa shape index (κ1) is 13.0. The van der Waals surface area contributed by atoms with Crippen molar-refractivity contribution in [3.8, 4) is 0 Å². The summed E-state index contributed by atoms with van der Waals surface area (Å²) in [6.07, 6.45) is 0. The lowest BCUT2D eigenvalue weighted by molar-refractivity contribution is -0.138. The SMILES string of the molecule is NC(CNc1c(Cl)cc(F)cc1Cl)C(=O)O. The quantitative estimate of drug-likeness (QED) is 0.779. The van der Waals surface area contributed by atoms with Crippen LogP contribution in [0.1, 0.15) is 0 Å². The van der Waals surface area contributed by atoms with E-state index in [0.717, 1.165) is 12.1 Å². The Hall–Kier alpha value is -1.04. The molecule has 1 unspecified atom stereocenters. The van der Waals surface area contributed by atoms with Crippen molar-refractivity contribution in [3.63, 3.8) is 0 Å². The molecule has 0 bridgehead atoms. The Morgan fingerprint density at radius 2 is 2.00 bits per heavy atom. The number of rotatable bonds is 4. The molecule has 88 valence electrons. The molecule has 1 rings (SSSR count). The molecule has 4 N–H and O–H groups in total. The number of hydrogen-bond donors (Lipinski definition) is 3. The first-order valence-corrected chi connectivity index (χ1v) is 5.04. The van der Waals surface area contributed by atoms with E-state index in [1.807, 2.05) is 0 Å². The van der Waals surface area contributed by atoms with E-state index in [2.05, 4.69) is 5.32 Å². The van der Waals surface area contributed by atoms with Crippen molar-refractivity contribution in [2.45, 2.75) is 6.04 Å². The largest absolute Gasteiger partial charge is 0.480 e. The smallest absolute Gasteiger partial charge is 0.322 e. The number of benzene rings is 1. The Morgan fingerprint density at radius 3 is 2.44 bits per heavy atom. The van der Waals surface area contributed by atoms with Gasteiger partial charge in [-0.1, -0.05) is 23.2 Å². The Labute approximate surface area is 101 Å². The number of nitrogens with one attached hydrogen (secondary N) is 1. The predicted molar refractivity (Wildman–Crippen MR) is 60.5 cm³/mol. The van der Waals surface area contributed by atoms with Crippen LogP contribution >= 0.6 is 23.2 Å². The van der Waals surface area contributed by atoms with Crippen molar-refractivity contribution in [1.82, 2.24) is 0 Å². The van der Waals surface area contributed by atoms with Gasteiger partial charge in [0.05, 0.1) is 15.7 Å². The fourth-order valence-corrected chi connectivity index (χ4v) is 1.60. The van der Waals surface area contributed by atoms with E-state index in [1.54, 1.807) is 0 Å². The summed E-state index contributed by atoms with van der Waals surface area (Å²) >= 11 is 11.4. The average molecular weight is 267 g/mol. The summed E-state index contributed by atoms with van der Waals surface area (Å²) in [7, 11) is 0. The van der Waals surface area contributed by atoms with Gasteiger partial charge in [-0.15, -0.1) is 0 Å². The molecule has 7 heteroatoms. The van der Waals surface area contributed by atoms with Crippen LogP contribution in [-0.2, 0) is 4.79 Å². The summed E-state index contributed by atoms with van der Waals surface area (Å²) in [6, 6.07) is 1.06. The van der Waals surface area contributed by atoms with Gasteiger partial charge in [-0.25, -0.2) is 4.39 Å². The second-order valence-corrected chi connectivity index (χ2v) is 3.88. The third-order valence-corrected chi connectivity index (χ3v) is 2.42. The van der Waals surface area contributed by atoms with Crippen molar-refractivity contribution < 1.29 is 14.3 Å². The summed E-state index contributed by atoms with van der Waals surface area (Å²) in [5, 5.41) is 11.3. The van der Waals surface area contributed by atoms with E-state index in [-0.39, 0.29) is 22.3 Å². The van der Waals surface area contributed by atoms with Crippen LogP contribution in [0.2, 0.25) is 10.0 Å². The minimum absolute atomic E-state index is 0.0552. The Morgan fingerprint density at radius 1 is 1.50 bits per heavy atom. The second kappa shape index (κ2) is 5.34. The van der Waals surface area contributed by atoms with Crippen LogP contribution in [0, 0.1) is 5.82 Å². The first-order valence-electron chi connectivity index (χ1n) is 4.28. The maximum Gasteiger partial charge on any atom is 0.322 e. The number of aliphatic carboxylic acids is 1.